The molecule has 2 atom stereocenters. The minimum atomic E-state index is 0.686. The summed E-state index contributed by atoms with van der Waals surface area (Å²) >= 11 is 3.56. The molecule has 0 radical (unpaired) electrons. The van der Waals surface area contributed by atoms with Crippen LogP contribution in [0.4, 0.5) is 0 Å². The Balaban J connectivity index is 2.08. The van der Waals surface area contributed by atoms with Gasteiger partial charge >= 0.3 is 0 Å². The first-order chi connectivity index (χ1) is 9.22. The molecule has 0 spiro atoms. The number of hydrogen-bond donors (Lipinski definition) is 1. The molecule has 19 heavy (non-hydrogen) atoms. The lowest BCUT2D eigenvalue weighted by molar-refractivity contribution is 0.380. The van der Waals surface area contributed by atoms with Crippen LogP contribution >= 0.6 is 15.9 Å². The Bertz CT molecular complexity index is 408. The van der Waals surface area contributed by atoms with Gasteiger partial charge in [0.2, 0.25) is 0 Å². The predicted molar refractivity (Wildman–Crippen MR) is 83.8 cm³/mol. The Morgan fingerprint density at radius 3 is 2.84 bits per heavy atom. The van der Waals surface area contributed by atoms with Gasteiger partial charge in [-0.2, -0.15) is 0 Å². The lowest BCUT2D eigenvalue weighted by Crippen LogP contribution is -2.26. The molecule has 0 heterocycles. The first-order valence-corrected chi connectivity index (χ1v) is 8.02. The predicted octanol–water partition coefficient (Wildman–Crippen LogP) is 4.17. The van der Waals surface area contributed by atoms with Gasteiger partial charge in [0, 0.05) is 10.5 Å². The number of benzene rings is 1. The molecule has 1 aliphatic carbocycles. The summed E-state index contributed by atoms with van der Waals surface area (Å²) in [7, 11) is 3.85. The maximum Gasteiger partial charge on any atom is 0.122 e. The highest BCUT2D eigenvalue weighted by molar-refractivity contribution is 9.10. The highest BCUT2D eigenvalue weighted by Gasteiger charge is 2.20. The molecular weight excluding hydrogens is 302 g/mol. The fraction of sp³-hybridized carbons (Fsp3) is 0.625. The minimum Gasteiger partial charge on any atom is -0.496 e. The highest BCUT2D eigenvalue weighted by atomic mass is 79.9. The van der Waals surface area contributed by atoms with Gasteiger partial charge in [0.1, 0.15) is 5.75 Å². The molecule has 1 aliphatic rings. The number of halogens is 1. The monoisotopic (exact) mass is 325 g/mol. The van der Waals surface area contributed by atoms with Crippen LogP contribution < -0.4 is 10.1 Å². The van der Waals surface area contributed by atoms with Crippen molar-refractivity contribution in [2.45, 2.75) is 44.6 Å². The molecule has 1 aromatic rings. The fourth-order valence-corrected chi connectivity index (χ4v) is 3.54. The molecule has 0 aromatic heterocycles. The van der Waals surface area contributed by atoms with Gasteiger partial charge in [-0.05, 0) is 56.0 Å². The average Bonchev–Trinajstić information content (AvgIpc) is 2.64. The van der Waals surface area contributed by atoms with E-state index in [1.165, 1.54) is 37.7 Å². The van der Waals surface area contributed by atoms with Gasteiger partial charge in [-0.15, -0.1) is 0 Å². The second-order valence-electron chi connectivity index (χ2n) is 5.53. The molecule has 1 aromatic carbocycles. The number of methoxy groups -OCH3 is 1. The Kier molecular flexibility index (Phi) is 5.71. The second-order valence-corrected chi connectivity index (χ2v) is 6.45. The zero-order valence-electron chi connectivity index (χ0n) is 11.9. The first-order valence-electron chi connectivity index (χ1n) is 7.22. The van der Waals surface area contributed by atoms with Gasteiger partial charge in [-0.3, -0.25) is 0 Å². The topological polar surface area (TPSA) is 21.3 Å². The third-order valence-corrected chi connectivity index (χ3v) is 4.69. The minimum absolute atomic E-state index is 0.686. The zero-order chi connectivity index (χ0) is 13.7. The van der Waals surface area contributed by atoms with Crippen molar-refractivity contribution in [3.05, 3.63) is 28.2 Å². The molecule has 3 heteroatoms. The van der Waals surface area contributed by atoms with Gasteiger partial charge in [0.25, 0.3) is 0 Å². The zero-order valence-corrected chi connectivity index (χ0v) is 13.5. The maximum absolute atomic E-state index is 5.49. The SMILES string of the molecule is CNC1CCCCC(Cc2cc(Br)ccc2OC)C1. The molecule has 2 unspecified atom stereocenters. The molecule has 2 nitrogen and oxygen atoms in total. The first kappa shape index (κ1) is 14.9. The molecule has 0 amide bonds. The van der Waals surface area contributed by atoms with Crippen molar-refractivity contribution in [3.8, 4) is 5.75 Å². The van der Waals surface area contributed by atoms with Crippen LogP contribution in [0.25, 0.3) is 0 Å². The molecule has 106 valence electrons. The summed E-state index contributed by atoms with van der Waals surface area (Å²) in [5.41, 5.74) is 1.33. The molecule has 1 fully saturated rings. The third kappa shape index (κ3) is 4.22. The van der Waals surface area contributed by atoms with E-state index in [9.17, 15) is 0 Å². The Labute approximate surface area is 125 Å². The normalized spacial score (nSPS) is 23.9. The van der Waals surface area contributed by atoms with E-state index in [2.05, 4.69) is 40.4 Å². The average molecular weight is 326 g/mol. The van der Waals surface area contributed by atoms with Crippen molar-refractivity contribution in [3.63, 3.8) is 0 Å². The third-order valence-electron chi connectivity index (χ3n) is 4.19. The van der Waals surface area contributed by atoms with Crippen molar-refractivity contribution in [2.75, 3.05) is 14.2 Å². The van der Waals surface area contributed by atoms with Gasteiger partial charge in [0.05, 0.1) is 7.11 Å². The van der Waals surface area contributed by atoms with E-state index in [0.29, 0.717) is 6.04 Å². The second kappa shape index (κ2) is 7.30. The van der Waals surface area contributed by atoms with Crippen molar-refractivity contribution in [1.82, 2.24) is 5.32 Å². The summed E-state index contributed by atoms with van der Waals surface area (Å²) in [6.45, 7) is 0. The smallest absolute Gasteiger partial charge is 0.122 e. The quantitative estimate of drug-likeness (QED) is 0.839. The summed E-state index contributed by atoms with van der Waals surface area (Å²) in [5, 5.41) is 3.46. The van der Waals surface area contributed by atoms with Gasteiger partial charge < -0.3 is 10.1 Å². The lowest BCUT2D eigenvalue weighted by atomic mass is 9.90. The maximum atomic E-state index is 5.49. The molecule has 0 bridgehead atoms. The molecule has 1 saturated carbocycles. The molecule has 1 N–H and O–H groups in total. The number of rotatable bonds is 4. The van der Waals surface area contributed by atoms with E-state index in [-0.39, 0.29) is 0 Å². The summed E-state index contributed by atoms with van der Waals surface area (Å²) in [4.78, 5) is 0. The molecule has 0 aliphatic heterocycles. The van der Waals surface area contributed by atoms with E-state index in [4.69, 9.17) is 4.74 Å². The van der Waals surface area contributed by atoms with E-state index >= 15 is 0 Å². The van der Waals surface area contributed by atoms with Crippen LogP contribution in [-0.2, 0) is 6.42 Å². The van der Waals surface area contributed by atoms with Crippen molar-refractivity contribution >= 4 is 15.9 Å². The summed E-state index contributed by atoms with van der Waals surface area (Å²) in [6, 6.07) is 7.00. The van der Waals surface area contributed by atoms with E-state index in [1.807, 2.05) is 6.07 Å². The summed E-state index contributed by atoms with van der Waals surface area (Å²) in [6.07, 6.45) is 7.79. The van der Waals surface area contributed by atoms with Gasteiger partial charge in [0.15, 0.2) is 0 Å². The van der Waals surface area contributed by atoms with E-state index in [1.54, 1.807) is 7.11 Å². The summed E-state index contributed by atoms with van der Waals surface area (Å²) in [5.74, 6) is 1.79. The number of ether oxygens (including phenoxy) is 1. The fourth-order valence-electron chi connectivity index (χ4n) is 3.13. The molecular formula is C16H24BrNO. The van der Waals surface area contributed by atoms with Crippen LogP contribution in [0.1, 0.15) is 37.7 Å². The summed E-state index contributed by atoms with van der Waals surface area (Å²) < 4.78 is 6.63. The van der Waals surface area contributed by atoms with Crippen molar-refractivity contribution < 1.29 is 4.74 Å². The molecule has 2 rings (SSSR count). The van der Waals surface area contributed by atoms with E-state index < -0.39 is 0 Å². The highest BCUT2D eigenvalue weighted by Crippen LogP contribution is 2.31. The van der Waals surface area contributed by atoms with Gasteiger partial charge in [-0.1, -0.05) is 35.2 Å². The Morgan fingerprint density at radius 2 is 2.11 bits per heavy atom. The molecule has 0 saturated heterocycles. The lowest BCUT2D eigenvalue weighted by Gasteiger charge is -2.20. The van der Waals surface area contributed by atoms with Crippen LogP contribution in [0, 0.1) is 5.92 Å². The van der Waals surface area contributed by atoms with Crippen LogP contribution in [0.2, 0.25) is 0 Å². The number of hydrogen-bond acceptors (Lipinski definition) is 2. The van der Waals surface area contributed by atoms with Crippen LogP contribution in [0.5, 0.6) is 5.75 Å². The van der Waals surface area contributed by atoms with Crippen LogP contribution in [0.15, 0.2) is 22.7 Å². The van der Waals surface area contributed by atoms with Crippen molar-refractivity contribution in [1.29, 1.82) is 0 Å². The van der Waals surface area contributed by atoms with E-state index in [0.717, 1.165) is 22.6 Å². The van der Waals surface area contributed by atoms with Crippen LogP contribution in [0.3, 0.4) is 0 Å². The Morgan fingerprint density at radius 1 is 1.32 bits per heavy atom. The standard InChI is InChI=1S/C16H24BrNO/c1-18-15-6-4-3-5-12(10-15)9-13-11-14(17)7-8-16(13)19-2/h7-8,11-12,15,18H,3-6,9-10H2,1-2H3. The van der Waals surface area contributed by atoms with Crippen molar-refractivity contribution in [2.24, 2.45) is 5.92 Å². The van der Waals surface area contributed by atoms with Crippen LogP contribution in [-0.4, -0.2) is 20.2 Å². The number of nitrogens with one attached hydrogen (secondary N) is 1. The Hall–Kier alpha value is -0.540. The largest absolute Gasteiger partial charge is 0.496 e. The van der Waals surface area contributed by atoms with Gasteiger partial charge in [-0.25, -0.2) is 0 Å².